The van der Waals surface area contributed by atoms with Crippen LogP contribution in [0.5, 0.6) is 5.75 Å². The molecule has 2 aliphatic rings. The van der Waals surface area contributed by atoms with E-state index < -0.39 is 0 Å². The zero-order valence-electron chi connectivity index (χ0n) is 20.3. The predicted octanol–water partition coefficient (Wildman–Crippen LogP) is 6.82. The molecule has 3 heteroatoms. The van der Waals surface area contributed by atoms with Crippen LogP contribution in [0.15, 0.2) is 90.7 Å². The molecule has 0 amide bonds. The van der Waals surface area contributed by atoms with E-state index in [1.165, 1.54) is 40.8 Å². The summed E-state index contributed by atoms with van der Waals surface area (Å²) in [5.41, 5.74) is 7.56. The maximum Gasteiger partial charge on any atom is 0.115 e. The monoisotopic (exact) mass is 455 g/mol. The summed E-state index contributed by atoms with van der Waals surface area (Å²) in [6.45, 7) is 8.56. The number of rotatable bonds is 8. The quantitative estimate of drug-likeness (QED) is 0.429. The van der Waals surface area contributed by atoms with Crippen molar-refractivity contribution in [3.05, 3.63) is 102 Å². The number of phenolic OH excluding ortho intramolecular Hbond substituents is 1. The number of piperidine rings is 1. The van der Waals surface area contributed by atoms with E-state index in [0.29, 0.717) is 5.92 Å². The molecule has 0 bridgehead atoms. The molecule has 1 saturated heterocycles. The van der Waals surface area contributed by atoms with Gasteiger partial charge < -0.3 is 15.1 Å². The van der Waals surface area contributed by atoms with Gasteiger partial charge in [-0.2, -0.15) is 0 Å². The highest BCUT2D eigenvalue weighted by Gasteiger charge is 2.25. The normalized spacial score (nSPS) is 19.5. The van der Waals surface area contributed by atoms with Crippen molar-refractivity contribution in [2.45, 2.75) is 39.0 Å². The van der Waals surface area contributed by atoms with Crippen molar-refractivity contribution < 1.29 is 10.2 Å². The van der Waals surface area contributed by atoms with Gasteiger partial charge in [0.1, 0.15) is 5.75 Å². The smallest absolute Gasteiger partial charge is 0.115 e. The fraction of sp³-hybridized carbons (Fsp3) is 0.355. The van der Waals surface area contributed by atoms with Gasteiger partial charge in [-0.1, -0.05) is 67.3 Å². The van der Waals surface area contributed by atoms with E-state index in [1.54, 1.807) is 12.1 Å². The Hall–Kier alpha value is -3.04. The first-order valence-electron chi connectivity index (χ1n) is 12.5. The Kier molecular flexibility index (Phi) is 8.08. The van der Waals surface area contributed by atoms with Gasteiger partial charge in [0.2, 0.25) is 0 Å². The molecule has 34 heavy (non-hydrogen) atoms. The Morgan fingerprint density at radius 3 is 2.29 bits per heavy atom. The van der Waals surface area contributed by atoms with E-state index in [2.05, 4.69) is 60.9 Å². The van der Waals surface area contributed by atoms with E-state index >= 15 is 0 Å². The van der Waals surface area contributed by atoms with E-state index in [-0.39, 0.29) is 18.3 Å². The summed E-state index contributed by atoms with van der Waals surface area (Å²) >= 11 is 0. The van der Waals surface area contributed by atoms with Gasteiger partial charge in [0.25, 0.3) is 0 Å². The molecule has 1 unspecified atom stereocenters. The molecule has 2 aromatic rings. The van der Waals surface area contributed by atoms with Crippen LogP contribution in [0.2, 0.25) is 0 Å². The summed E-state index contributed by atoms with van der Waals surface area (Å²) < 4.78 is 0. The Bertz CT molecular complexity index is 1050. The maximum atomic E-state index is 9.90. The number of aliphatic hydroxyl groups excluding tert-OH is 1. The molecule has 0 spiro atoms. The van der Waals surface area contributed by atoms with Gasteiger partial charge in [-0.25, -0.2) is 0 Å². The molecule has 0 radical (unpaired) electrons. The van der Waals surface area contributed by atoms with Crippen molar-refractivity contribution in [3.63, 3.8) is 0 Å². The molecule has 3 nitrogen and oxygen atoms in total. The standard InChI is InChI=1S/C31H37NO2/c1-23(2)32-20-18-25(19-21-32)24-10-12-27(13-11-24)31(28-14-16-29(34)17-15-28)30(9-6-22-33)26-7-4-3-5-8-26/h3-5,7-8,10-12,14-17,25,27,33-34H,1,6,9,13,18-22H2,2H3/b31-30+. The zero-order valence-corrected chi connectivity index (χ0v) is 20.3. The Morgan fingerprint density at radius 1 is 1.00 bits per heavy atom. The zero-order chi connectivity index (χ0) is 23.9. The Labute approximate surface area is 204 Å². The van der Waals surface area contributed by atoms with Gasteiger partial charge in [-0.3, -0.25) is 0 Å². The molecule has 2 N–H and O–H groups in total. The van der Waals surface area contributed by atoms with Crippen molar-refractivity contribution in [3.8, 4) is 5.75 Å². The van der Waals surface area contributed by atoms with Crippen molar-refractivity contribution in [2.75, 3.05) is 19.7 Å². The average Bonchev–Trinajstić information content (AvgIpc) is 2.88. The third kappa shape index (κ3) is 5.71. The van der Waals surface area contributed by atoms with Crippen molar-refractivity contribution in [2.24, 2.45) is 11.8 Å². The molecule has 2 aromatic carbocycles. The number of aromatic hydroxyl groups is 1. The largest absolute Gasteiger partial charge is 0.508 e. The molecule has 4 rings (SSSR count). The second-order valence-electron chi connectivity index (χ2n) is 9.53. The summed E-state index contributed by atoms with van der Waals surface area (Å²) in [6.07, 6.45) is 12.1. The fourth-order valence-electron chi connectivity index (χ4n) is 5.33. The summed E-state index contributed by atoms with van der Waals surface area (Å²) in [7, 11) is 0. The van der Waals surface area contributed by atoms with Crippen molar-refractivity contribution in [1.82, 2.24) is 4.90 Å². The number of likely N-dealkylation sites (tertiary alicyclic amines) is 1. The van der Waals surface area contributed by atoms with Crippen LogP contribution in [0.4, 0.5) is 0 Å². The molecule has 0 saturated carbocycles. The maximum absolute atomic E-state index is 9.90. The average molecular weight is 456 g/mol. The van der Waals surface area contributed by atoms with Crippen LogP contribution in [-0.2, 0) is 0 Å². The van der Waals surface area contributed by atoms with Gasteiger partial charge in [-0.15, -0.1) is 0 Å². The summed E-state index contributed by atoms with van der Waals surface area (Å²) in [5.74, 6) is 1.16. The molecule has 1 heterocycles. The van der Waals surface area contributed by atoms with Crippen LogP contribution >= 0.6 is 0 Å². The van der Waals surface area contributed by atoms with Crippen LogP contribution in [0, 0.1) is 11.8 Å². The fourth-order valence-corrected chi connectivity index (χ4v) is 5.33. The van der Waals surface area contributed by atoms with Crippen molar-refractivity contribution >= 4 is 11.1 Å². The minimum Gasteiger partial charge on any atom is -0.508 e. The van der Waals surface area contributed by atoms with E-state index in [9.17, 15) is 10.2 Å². The number of nitrogens with zero attached hydrogens (tertiary/aromatic N) is 1. The first-order chi connectivity index (χ1) is 16.6. The third-order valence-corrected chi connectivity index (χ3v) is 7.22. The van der Waals surface area contributed by atoms with E-state index in [0.717, 1.165) is 37.9 Å². The Balaban J connectivity index is 1.64. The molecular weight excluding hydrogens is 418 g/mol. The topological polar surface area (TPSA) is 43.7 Å². The lowest BCUT2D eigenvalue weighted by Gasteiger charge is -2.35. The lowest BCUT2D eigenvalue weighted by molar-refractivity contribution is 0.248. The van der Waals surface area contributed by atoms with Gasteiger partial charge in [0, 0.05) is 31.3 Å². The van der Waals surface area contributed by atoms with Crippen molar-refractivity contribution in [1.29, 1.82) is 0 Å². The second-order valence-corrected chi connectivity index (χ2v) is 9.53. The summed E-state index contributed by atoms with van der Waals surface area (Å²) in [4.78, 5) is 2.39. The highest BCUT2D eigenvalue weighted by Crippen LogP contribution is 2.41. The first-order valence-corrected chi connectivity index (χ1v) is 12.5. The SMILES string of the molecule is C=C(C)N1CCC(C2=CCC(/C(=C(/CCCO)c3ccccc3)c3ccc(O)cc3)C=C2)CC1. The molecule has 1 fully saturated rings. The van der Waals surface area contributed by atoms with Crippen LogP contribution in [0.1, 0.15) is 50.2 Å². The van der Waals surface area contributed by atoms with Gasteiger partial charge in [-0.05, 0) is 84.9 Å². The van der Waals surface area contributed by atoms with Crippen LogP contribution < -0.4 is 0 Å². The van der Waals surface area contributed by atoms with Crippen LogP contribution in [-0.4, -0.2) is 34.8 Å². The van der Waals surface area contributed by atoms with Gasteiger partial charge in [0.15, 0.2) is 0 Å². The number of hydrogen-bond acceptors (Lipinski definition) is 3. The van der Waals surface area contributed by atoms with Gasteiger partial charge >= 0.3 is 0 Å². The molecule has 178 valence electrons. The second kappa shape index (κ2) is 11.4. The summed E-state index contributed by atoms with van der Waals surface area (Å²) in [6, 6.07) is 18.1. The molecule has 1 atom stereocenters. The Morgan fingerprint density at radius 2 is 1.71 bits per heavy atom. The predicted molar refractivity (Wildman–Crippen MR) is 142 cm³/mol. The van der Waals surface area contributed by atoms with Crippen LogP contribution in [0.25, 0.3) is 11.1 Å². The summed E-state index contributed by atoms with van der Waals surface area (Å²) in [5, 5.41) is 19.5. The molecular formula is C31H37NO2. The molecule has 0 aromatic heterocycles. The molecule has 1 aliphatic heterocycles. The molecule has 1 aliphatic carbocycles. The minimum absolute atomic E-state index is 0.173. The number of hydrogen-bond donors (Lipinski definition) is 2. The highest BCUT2D eigenvalue weighted by molar-refractivity contribution is 5.92. The third-order valence-electron chi connectivity index (χ3n) is 7.22. The number of aliphatic hydroxyl groups is 1. The lowest BCUT2D eigenvalue weighted by atomic mass is 9.78. The van der Waals surface area contributed by atoms with Gasteiger partial charge in [0.05, 0.1) is 0 Å². The highest BCUT2D eigenvalue weighted by atomic mass is 16.3. The van der Waals surface area contributed by atoms with Crippen LogP contribution in [0.3, 0.4) is 0 Å². The van der Waals surface area contributed by atoms with E-state index in [1.807, 2.05) is 18.2 Å². The number of benzene rings is 2. The number of phenols is 1. The minimum atomic E-state index is 0.173. The number of allylic oxidation sites excluding steroid dienone is 7. The van der Waals surface area contributed by atoms with E-state index in [4.69, 9.17) is 0 Å². The lowest BCUT2D eigenvalue weighted by Crippen LogP contribution is -2.32. The first kappa shape index (κ1) is 24.1.